The summed E-state index contributed by atoms with van der Waals surface area (Å²) in [5, 5.41) is 3.19. The van der Waals surface area contributed by atoms with Crippen molar-refractivity contribution in [1.82, 2.24) is 4.72 Å². The van der Waals surface area contributed by atoms with Crippen LogP contribution >= 0.6 is 0 Å². The molecule has 1 aromatic rings. The second kappa shape index (κ2) is 6.14. The summed E-state index contributed by atoms with van der Waals surface area (Å²) in [6.45, 7) is 4.87. The van der Waals surface area contributed by atoms with Gasteiger partial charge in [0.25, 0.3) is 0 Å². The number of benzene rings is 1. The van der Waals surface area contributed by atoms with E-state index in [9.17, 15) is 8.42 Å². The molecule has 0 amide bonds. The first-order chi connectivity index (χ1) is 9.53. The molecule has 1 saturated carbocycles. The van der Waals surface area contributed by atoms with E-state index in [2.05, 4.69) is 17.0 Å². The molecule has 0 saturated heterocycles. The van der Waals surface area contributed by atoms with Crippen LogP contribution in [0, 0.1) is 0 Å². The molecule has 112 valence electrons. The van der Waals surface area contributed by atoms with Gasteiger partial charge in [0, 0.05) is 12.1 Å². The summed E-state index contributed by atoms with van der Waals surface area (Å²) in [5.41, 5.74) is 0.462. The van der Waals surface area contributed by atoms with Crippen molar-refractivity contribution in [3.8, 4) is 0 Å². The summed E-state index contributed by atoms with van der Waals surface area (Å²) >= 11 is 0. The number of hydrogen-bond acceptors (Lipinski definition) is 3. The van der Waals surface area contributed by atoms with Gasteiger partial charge < -0.3 is 5.32 Å². The van der Waals surface area contributed by atoms with Crippen LogP contribution < -0.4 is 10.0 Å². The lowest BCUT2D eigenvalue weighted by Gasteiger charge is -2.41. The number of hydrogen-bond donors (Lipinski definition) is 2. The molecule has 5 heteroatoms. The molecule has 2 rings (SSSR count). The van der Waals surface area contributed by atoms with Crippen molar-refractivity contribution in [1.29, 1.82) is 0 Å². The lowest BCUT2D eigenvalue weighted by atomic mass is 9.76. The van der Waals surface area contributed by atoms with Crippen LogP contribution in [-0.4, -0.2) is 20.5 Å². The predicted molar refractivity (Wildman–Crippen MR) is 82.4 cm³/mol. The van der Waals surface area contributed by atoms with Gasteiger partial charge in [-0.15, -0.1) is 0 Å². The van der Waals surface area contributed by atoms with Crippen LogP contribution in [-0.2, 0) is 10.0 Å². The average Bonchev–Trinajstić information content (AvgIpc) is 2.41. The van der Waals surface area contributed by atoms with Gasteiger partial charge in [0.05, 0.1) is 5.69 Å². The molecule has 0 atom stereocenters. The van der Waals surface area contributed by atoms with Crippen molar-refractivity contribution in [2.45, 2.75) is 56.4 Å². The van der Waals surface area contributed by atoms with Gasteiger partial charge in [-0.2, -0.15) is 0 Å². The van der Waals surface area contributed by atoms with Gasteiger partial charge in [-0.3, -0.25) is 0 Å². The Morgan fingerprint density at radius 3 is 2.45 bits per heavy atom. The largest absolute Gasteiger partial charge is 0.384 e. The summed E-state index contributed by atoms with van der Waals surface area (Å²) in [6.07, 6.45) is 4.78. The Morgan fingerprint density at radius 1 is 1.20 bits per heavy atom. The molecule has 1 aromatic carbocycles. The molecule has 0 bridgehead atoms. The van der Waals surface area contributed by atoms with Crippen LogP contribution in [0.25, 0.3) is 0 Å². The third-order valence-corrected chi connectivity index (χ3v) is 5.72. The zero-order chi connectivity index (χ0) is 14.6. The van der Waals surface area contributed by atoms with E-state index in [-0.39, 0.29) is 5.54 Å². The second-order valence-electron chi connectivity index (χ2n) is 5.52. The van der Waals surface area contributed by atoms with Crippen molar-refractivity contribution in [2.75, 3.05) is 11.9 Å². The minimum atomic E-state index is -3.46. The maximum absolute atomic E-state index is 12.6. The number of anilines is 1. The number of para-hydroxylation sites is 1. The number of rotatable bonds is 7. The van der Waals surface area contributed by atoms with E-state index in [1.807, 2.05) is 19.1 Å². The van der Waals surface area contributed by atoms with Gasteiger partial charge in [-0.25, -0.2) is 13.1 Å². The second-order valence-corrected chi connectivity index (χ2v) is 7.17. The smallest absolute Gasteiger partial charge is 0.243 e. The maximum Gasteiger partial charge on any atom is 0.243 e. The molecular formula is C15H24N2O2S. The summed E-state index contributed by atoms with van der Waals surface area (Å²) in [6, 6.07) is 7.12. The Labute approximate surface area is 122 Å². The highest BCUT2D eigenvalue weighted by atomic mass is 32.2. The first kappa shape index (κ1) is 15.3. The van der Waals surface area contributed by atoms with E-state index in [0.29, 0.717) is 10.6 Å². The highest BCUT2D eigenvalue weighted by Gasteiger charge is 2.39. The van der Waals surface area contributed by atoms with Crippen molar-refractivity contribution in [3.05, 3.63) is 24.3 Å². The number of sulfonamides is 1. The lowest BCUT2D eigenvalue weighted by Crippen LogP contribution is -2.52. The van der Waals surface area contributed by atoms with Crippen LogP contribution in [0.1, 0.15) is 46.0 Å². The van der Waals surface area contributed by atoms with E-state index >= 15 is 0 Å². The summed E-state index contributed by atoms with van der Waals surface area (Å²) < 4.78 is 28.2. The fourth-order valence-electron chi connectivity index (χ4n) is 2.58. The Morgan fingerprint density at radius 2 is 1.90 bits per heavy atom. The summed E-state index contributed by atoms with van der Waals surface area (Å²) in [5.74, 6) is 0. The minimum absolute atomic E-state index is 0.225. The summed E-state index contributed by atoms with van der Waals surface area (Å²) in [7, 11) is -3.46. The van der Waals surface area contributed by atoms with Crippen molar-refractivity contribution < 1.29 is 8.42 Å². The van der Waals surface area contributed by atoms with Crippen molar-refractivity contribution in [2.24, 2.45) is 0 Å². The molecule has 1 aliphatic rings. The van der Waals surface area contributed by atoms with Crippen molar-refractivity contribution >= 4 is 15.7 Å². The van der Waals surface area contributed by atoms with E-state index in [1.165, 1.54) is 0 Å². The van der Waals surface area contributed by atoms with Gasteiger partial charge in [-0.05, 0) is 44.2 Å². The quantitative estimate of drug-likeness (QED) is 0.813. The van der Waals surface area contributed by atoms with Crippen LogP contribution in [0.4, 0.5) is 5.69 Å². The molecule has 0 radical (unpaired) electrons. The Bertz CT molecular complexity index is 545. The van der Waals surface area contributed by atoms with E-state index < -0.39 is 10.0 Å². The fraction of sp³-hybridized carbons (Fsp3) is 0.600. The molecule has 2 N–H and O–H groups in total. The highest BCUT2D eigenvalue weighted by Crippen LogP contribution is 2.36. The first-order valence-electron chi connectivity index (χ1n) is 7.40. The maximum atomic E-state index is 12.6. The molecule has 1 fully saturated rings. The Hall–Kier alpha value is -1.07. The molecule has 0 spiro atoms. The fourth-order valence-corrected chi connectivity index (χ4v) is 4.29. The number of nitrogens with one attached hydrogen (secondary N) is 2. The van der Waals surface area contributed by atoms with Gasteiger partial charge in [0.2, 0.25) is 10.0 Å². The molecule has 20 heavy (non-hydrogen) atoms. The van der Waals surface area contributed by atoms with Crippen LogP contribution in [0.2, 0.25) is 0 Å². The molecule has 0 heterocycles. The molecule has 1 aliphatic carbocycles. The van der Waals surface area contributed by atoms with Gasteiger partial charge in [0.15, 0.2) is 0 Å². The standard InChI is InChI=1S/C15H24N2O2S/c1-3-12-16-13-8-5-6-9-14(13)20(18,19)17-15(4-2)10-7-11-15/h5-6,8-9,16-17H,3-4,7,10-12H2,1-2H3. The third kappa shape index (κ3) is 3.15. The van der Waals surface area contributed by atoms with E-state index in [4.69, 9.17) is 0 Å². The van der Waals surface area contributed by atoms with E-state index in [0.717, 1.165) is 38.6 Å². The predicted octanol–water partition coefficient (Wildman–Crippen LogP) is 3.12. The normalized spacial score (nSPS) is 17.5. The molecule has 0 aliphatic heterocycles. The zero-order valence-electron chi connectivity index (χ0n) is 12.3. The van der Waals surface area contributed by atoms with Gasteiger partial charge >= 0.3 is 0 Å². The Balaban J connectivity index is 2.25. The first-order valence-corrected chi connectivity index (χ1v) is 8.88. The zero-order valence-corrected chi connectivity index (χ0v) is 13.1. The van der Waals surface area contributed by atoms with Crippen LogP contribution in [0.5, 0.6) is 0 Å². The van der Waals surface area contributed by atoms with Crippen LogP contribution in [0.15, 0.2) is 29.2 Å². The van der Waals surface area contributed by atoms with Gasteiger partial charge in [0.1, 0.15) is 4.90 Å². The monoisotopic (exact) mass is 296 g/mol. The van der Waals surface area contributed by atoms with E-state index in [1.54, 1.807) is 12.1 Å². The SMILES string of the molecule is CCCNc1ccccc1S(=O)(=O)NC1(CC)CCC1. The topological polar surface area (TPSA) is 58.2 Å². The molecular weight excluding hydrogens is 272 g/mol. The third-order valence-electron chi connectivity index (χ3n) is 4.08. The van der Waals surface area contributed by atoms with Crippen molar-refractivity contribution in [3.63, 3.8) is 0 Å². The summed E-state index contributed by atoms with van der Waals surface area (Å²) in [4.78, 5) is 0.355. The lowest BCUT2D eigenvalue weighted by molar-refractivity contribution is 0.214. The average molecular weight is 296 g/mol. The van der Waals surface area contributed by atoms with Gasteiger partial charge in [-0.1, -0.05) is 26.0 Å². The molecule has 4 nitrogen and oxygen atoms in total. The minimum Gasteiger partial charge on any atom is -0.384 e. The molecule has 0 aromatic heterocycles. The Kier molecular flexibility index (Phi) is 4.70. The van der Waals surface area contributed by atoms with Crippen LogP contribution in [0.3, 0.4) is 0 Å². The highest BCUT2D eigenvalue weighted by molar-refractivity contribution is 7.89. The molecule has 0 unspecified atom stereocenters.